The minimum absolute atomic E-state index is 0.164. The third kappa shape index (κ3) is 2.53. The first-order valence-corrected chi connectivity index (χ1v) is 8.17. The Kier molecular flexibility index (Phi) is 3.62. The van der Waals surface area contributed by atoms with Crippen molar-refractivity contribution in [1.82, 2.24) is 14.9 Å². The Bertz CT molecular complexity index is 839. The molecule has 0 spiro atoms. The molecule has 3 nitrogen and oxygen atoms in total. The third-order valence-electron chi connectivity index (χ3n) is 4.77. The molecule has 1 aliphatic rings. The maximum absolute atomic E-state index is 13.8. The molecule has 0 bridgehead atoms. The molecule has 0 amide bonds. The van der Waals surface area contributed by atoms with Gasteiger partial charge in [-0.05, 0) is 48.7 Å². The number of fused-ring (bicyclic) bond motifs is 3. The lowest BCUT2D eigenvalue weighted by atomic mass is 9.99. The number of nitrogens with one attached hydrogen (secondary N) is 1. The van der Waals surface area contributed by atoms with Gasteiger partial charge in [-0.1, -0.05) is 6.07 Å². The van der Waals surface area contributed by atoms with E-state index in [9.17, 15) is 4.39 Å². The van der Waals surface area contributed by atoms with E-state index in [1.165, 1.54) is 16.8 Å². The SMILES string of the molecule is CC1NCCc2c1c1cc(F)ccc1n2CCc1cccnc1. The summed E-state index contributed by atoms with van der Waals surface area (Å²) in [4.78, 5) is 4.19. The minimum atomic E-state index is -0.164. The lowest BCUT2D eigenvalue weighted by Crippen LogP contribution is -2.28. The lowest BCUT2D eigenvalue weighted by Gasteiger charge is -2.23. The van der Waals surface area contributed by atoms with Crippen LogP contribution in [0.15, 0.2) is 42.7 Å². The molecule has 0 radical (unpaired) electrons. The fourth-order valence-corrected chi connectivity index (χ4v) is 3.71. The van der Waals surface area contributed by atoms with Gasteiger partial charge in [0.05, 0.1) is 0 Å². The molecule has 0 saturated carbocycles. The maximum Gasteiger partial charge on any atom is 0.123 e. The second-order valence-corrected chi connectivity index (χ2v) is 6.21. The zero-order chi connectivity index (χ0) is 15.8. The monoisotopic (exact) mass is 309 g/mol. The van der Waals surface area contributed by atoms with Gasteiger partial charge in [0.2, 0.25) is 0 Å². The second-order valence-electron chi connectivity index (χ2n) is 6.21. The zero-order valence-corrected chi connectivity index (χ0v) is 13.2. The molecule has 118 valence electrons. The highest BCUT2D eigenvalue weighted by Gasteiger charge is 2.24. The second kappa shape index (κ2) is 5.78. The fraction of sp³-hybridized carbons (Fsp3) is 0.316. The largest absolute Gasteiger partial charge is 0.344 e. The van der Waals surface area contributed by atoms with Gasteiger partial charge in [-0.15, -0.1) is 0 Å². The molecule has 1 N–H and O–H groups in total. The zero-order valence-electron chi connectivity index (χ0n) is 13.2. The first kappa shape index (κ1) is 14.4. The molecular weight excluding hydrogens is 289 g/mol. The summed E-state index contributed by atoms with van der Waals surface area (Å²) in [6.07, 6.45) is 5.64. The summed E-state index contributed by atoms with van der Waals surface area (Å²) in [5, 5.41) is 4.54. The van der Waals surface area contributed by atoms with Crippen LogP contribution in [0.1, 0.15) is 29.8 Å². The van der Waals surface area contributed by atoms with Crippen molar-refractivity contribution in [3.63, 3.8) is 0 Å². The van der Waals surface area contributed by atoms with Gasteiger partial charge in [-0.3, -0.25) is 4.98 Å². The Hall–Kier alpha value is -2.20. The van der Waals surface area contributed by atoms with E-state index in [-0.39, 0.29) is 11.9 Å². The normalized spacial score (nSPS) is 17.4. The predicted molar refractivity (Wildman–Crippen MR) is 90.0 cm³/mol. The van der Waals surface area contributed by atoms with E-state index in [0.29, 0.717) is 0 Å². The Morgan fingerprint density at radius 3 is 3.09 bits per heavy atom. The molecule has 1 aromatic carbocycles. The molecule has 23 heavy (non-hydrogen) atoms. The van der Waals surface area contributed by atoms with Gasteiger partial charge >= 0.3 is 0 Å². The summed E-state index contributed by atoms with van der Waals surface area (Å²) in [6.45, 7) is 4.03. The predicted octanol–water partition coefficient (Wildman–Crippen LogP) is 3.62. The molecule has 1 unspecified atom stereocenters. The number of hydrogen-bond acceptors (Lipinski definition) is 2. The van der Waals surface area contributed by atoms with Gasteiger partial charge in [-0.2, -0.15) is 0 Å². The number of aromatic nitrogens is 2. The van der Waals surface area contributed by atoms with E-state index >= 15 is 0 Å². The van der Waals surface area contributed by atoms with Crippen molar-refractivity contribution >= 4 is 10.9 Å². The molecule has 1 atom stereocenters. The molecule has 3 heterocycles. The van der Waals surface area contributed by atoms with Gasteiger partial charge in [0.1, 0.15) is 5.82 Å². The third-order valence-corrected chi connectivity index (χ3v) is 4.77. The quantitative estimate of drug-likeness (QED) is 0.801. The van der Waals surface area contributed by atoms with Crippen molar-refractivity contribution in [2.45, 2.75) is 32.4 Å². The molecule has 3 aromatic rings. The molecule has 4 heteroatoms. The van der Waals surface area contributed by atoms with Crippen LogP contribution in [0.4, 0.5) is 4.39 Å². The van der Waals surface area contributed by atoms with Crippen molar-refractivity contribution in [3.05, 3.63) is 65.4 Å². The maximum atomic E-state index is 13.8. The Morgan fingerprint density at radius 1 is 1.35 bits per heavy atom. The molecule has 2 aromatic heterocycles. The van der Waals surface area contributed by atoms with E-state index in [4.69, 9.17) is 0 Å². The minimum Gasteiger partial charge on any atom is -0.344 e. The average Bonchev–Trinajstić information content (AvgIpc) is 2.88. The van der Waals surface area contributed by atoms with Crippen molar-refractivity contribution in [2.75, 3.05) is 6.54 Å². The van der Waals surface area contributed by atoms with Gasteiger partial charge < -0.3 is 9.88 Å². The number of rotatable bonds is 3. The molecule has 0 fully saturated rings. The van der Waals surface area contributed by atoms with Crippen LogP contribution in [0, 0.1) is 5.82 Å². The Labute approximate surface area is 135 Å². The smallest absolute Gasteiger partial charge is 0.123 e. The number of aryl methyl sites for hydroxylation is 2. The lowest BCUT2D eigenvalue weighted by molar-refractivity contribution is 0.521. The standard InChI is InChI=1S/C19H20FN3/c1-13-19-16-11-15(20)4-5-17(16)23(18(19)6-9-22-13)10-7-14-3-2-8-21-12-14/h2-5,8,11-13,22H,6-7,9-10H2,1H3. The highest BCUT2D eigenvalue weighted by Crippen LogP contribution is 2.34. The molecule has 0 saturated heterocycles. The van der Waals surface area contributed by atoms with Crippen molar-refractivity contribution in [3.8, 4) is 0 Å². The summed E-state index contributed by atoms with van der Waals surface area (Å²) < 4.78 is 16.1. The highest BCUT2D eigenvalue weighted by molar-refractivity contribution is 5.86. The first-order chi connectivity index (χ1) is 11.2. The van der Waals surface area contributed by atoms with E-state index in [0.717, 1.165) is 36.8 Å². The summed E-state index contributed by atoms with van der Waals surface area (Å²) in [7, 11) is 0. The Balaban J connectivity index is 1.79. The van der Waals surface area contributed by atoms with Gasteiger partial charge in [0, 0.05) is 54.5 Å². The van der Waals surface area contributed by atoms with Crippen molar-refractivity contribution < 1.29 is 4.39 Å². The van der Waals surface area contributed by atoms with Crippen LogP contribution in [-0.4, -0.2) is 16.1 Å². The first-order valence-electron chi connectivity index (χ1n) is 8.17. The Morgan fingerprint density at radius 2 is 2.26 bits per heavy atom. The molecule has 1 aliphatic heterocycles. The number of hydrogen-bond donors (Lipinski definition) is 1. The summed E-state index contributed by atoms with van der Waals surface area (Å²) in [6, 6.07) is 9.50. The van der Waals surface area contributed by atoms with Crippen LogP contribution in [-0.2, 0) is 19.4 Å². The van der Waals surface area contributed by atoms with E-state index in [1.807, 2.05) is 18.3 Å². The van der Waals surface area contributed by atoms with Crippen LogP contribution < -0.4 is 5.32 Å². The van der Waals surface area contributed by atoms with Crippen LogP contribution in [0.25, 0.3) is 10.9 Å². The van der Waals surface area contributed by atoms with Crippen molar-refractivity contribution in [1.29, 1.82) is 0 Å². The number of halogens is 1. The van der Waals surface area contributed by atoms with Gasteiger partial charge in [0.15, 0.2) is 0 Å². The summed E-state index contributed by atoms with van der Waals surface area (Å²) in [5.41, 5.74) is 4.97. The summed E-state index contributed by atoms with van der Waals surface area (Å²) >= 11 is 0. The molecule has 4 rings (SSSR count). The molecule has 0 aliphatic carbocycles. The highest BCUT2D eigenvalue weighted by atomic mass is 19.1. The van der Waals surface area contributed by atoms with Crippen LogP contribution >= 0.6 is 0 Å². The van der Waals surface area contributed by atoms with Gasteiger partial charge in [-0.25, -0.2) is 4.39 Å². The molecular formula is C19H20FN3. The fourth-order valence-electron chi connectivity index (χ4n) is 3.71. The summed E-state index contributed by atoms with van der Waals surface area (Å²) in [5.74, 6) is -0.164. The van der Waals surface area contributed by atoms with E-state index in [1.54, 1.807) is 18.3 Å². The van der Waals surface area contributed by atoms with Gasteiger partial charge in [0.25, 0.3) is 0 Å². The average molecular weight is 309 g/mol. The number of nitrogens with zero attached hydrogens (tertiary/aromatic N) is 2. The van der Waals surface area contributed by atoms with E-state index < -0.39 is 0 Å². The van der Waals surface area contributed by atoms with Crippen LogP contribution in [0.2, 0.25) is 0 Å². The topological polar surface area (TPSA) is 29.9 Å². The van der Waals surface area contributed by atoms with Crippen molar-refractivity contribution in [2.24, 2.45) is 0 Å². The number of pyridine rings is 1. The number of benzene rings is 1. The van der Waals surface area contributed by atoms with Crippen LogP contribution in [0.3, 0.4) is 0 Å². The van der Waals surface area contributed by atoms with Crippen LogP contribution in [0.5, 0.6) is 0 Å². The van der Waals surface area contributed by atoms with E-state index in [2.05, 4.69) is 27.9 Å².